The van der Waals surface area contributed by atoms with Crippen molar-refractivity contribution >= 4 is 23.2 Å². The predicted molar refractivity (Wildman–Crippen MR) is 84.5 cm³/mol. The van der Waals surface area contributed by atoms with Crippen LogP contribution in [0.1, 0.15) is 16.8 Å². The van der Waals surface area contributed by atoms with Crippen molar-refractivity contribution < 1.29 is 0 Å². The molecule has 1 aromatic carbocycles. The number of benzene rings is 1. The number of hydrogen-bond donors (Lipinski definition) is 1. The van der Waals surface area contributed by atoms with E-state index in [9.17, 15) is 0 Å². The van der Waals surface area contributed by atoms with Gasteiger partial charge in [-0.3, -0.25) is 0 Å². The second-order valence-corrected chi connectivity index (χ2v) is 5.88. The molecule has 5 heteroatoms. The Morgan fingerprint density at radius 1 is 1.05 bits per heavy atom. The summed E-state index contributed by atoms with van der Waals surface area (Å²) in [5, 5.41) is 4.00. The van der Waals surface area contributed by atoms with Crippen LogP contribution in [-0.2, 0) is 19.3 Å². The Bertz CT molecular complexity index is 686. The number of para-hydroxylation sites is 1. The van der Waals surface area contributed by atoms with Gasteiger partial charge in [0.25, 0.3) is 0 Å². The van der Waals surface area contributed by atoms with E-state index >= 15 is 0 Å². The normalized spacial score (nSPS) is 17.3. The molecule has 1 aromatic heterocycles. The molecule has 0 radical (unpaired) electrons. The third kappa shape index (κ3) is 2.28. The highest BCUT2D eigenvalue weighted by Gasteiger charge is 2.24. The van der Waals surface area contributed by atoms with Crippen molar-refractivity contribution in [2.24, 2.45) is 0 Å². The first-order valence-corrected chi connectivity index (χ1v) is 7.82. The fourth-order valence-corrected chi connectivity index (χ4v) is 3.43. The zero-order chi connectivity index (χ0) is 14.2. The van der Waals surface area contributed by atoms with Gasteiger partial charge in [0.1, 0.15) is 5.15 Å². The summed E-state index contributed by atoms with van der Waals surface area (Å²) in [6, 6.07) is 8.45. The van der Waals surface area contributed by atoms with E-state index in [4.69, 9.17) is 16.6 Å². The molecule has 0 fully saturated rings. The van der Waals surface area contributed by atoms with Crippen molar-refractivity contribution in [1.29, 1.82) is 0 Å². The Balaban J connectivity index is 1.77. The minimum Gasteiger partial charge on any atom is -0.316 e. The molecule has 0 saturated heterocycles. The van der Waals surface area contributed by atoms with Crippen molar-refractivity contribution in [3.8, 4) is 0 Å². The maximum absolute atomic E-state index is 6.42. The van der Waals surface area contributed by atoms with Gasteiger partial charge in [0.2, 0.25) is 5.95 Å². The molecule has 1 N–H and O–H groups in total. The Morgan fingerprint density at radius 2 is 1.90 bits per heavy atom. The first-order valence-electron chi connectivity index (χ1n) is 7.44. The molecule has 3 heterocycles. The summed E-state index contributed by atoms with van der Waals surface area (Å²) >= 11 is 6.42. The maximum Gasteiger partial charge on any atom is 0.231 e. The lowest BCUT2D eigenvalue weighted by molar-refractivity contribution is 0.708. The smallest absolute Gasteiger partial charge is 0.231 e. The summed E-state index contributed by atoms with van der Waals surface area (Å²) in [5.41, 5.74) is 4.77. The number of hydrogen-bond acceptors (Lipinski definition) is 4. The number of rotatable bonds is 1. The van der Waals surface area contributed by atoms with E-state index in [-0.39, 0.29) is 0 Å². The number of aromatic nitrogens is 2. The minimum atomic E-state index is 0.614. The average molecular weight is 301 g/mol. The molecule has 0 amide bonds. The lowest BCUT2D eigenvalue weighted by atomic mass is 10.1. The number of nitrogens with one attached hydrogen (secondary N) is 1. The van der Waals surface area contributed by atoms with Crippen LogP contribution in [0, 0.1) is 0 Å². The number of anilines is 2. The SMILES string of the molecule is Clc1nc(N2CCc3ccccc32)nc2c1CCNCC2. The monoisotopic (exact) mass is 300 g/mol. The molecule has 4 rings (SSSR count). The van der Waals surface area contributed by atoms with Gasteiger partial charge in [0, 0.05) is 30.8 Å². The Hall–Kier alpha value is -1.65. The summed E-state index contributed by atoms with van der Waals surface area (Å²) in [6.07, 6.45) is 2.86. The number of fused-ring (bicyclic) bond motifs is 2. The van der Waals surface area contributed by atoms with E-state index in [0.717, 1.165) is 56.1 Å². The van der Waals surface area contributed by atoms with Gasteiger partial charge >= 0.3 is 0 Å². The van der Waals surface area contributed by atoms with Gasteiger partial charge in [-0.15, -0.1) is 0 Å². The second-order valence-electron chi connectivity index (χ2n) is 5.52. The van der Waals surface area contributed by atoms with E-state index in [0.29, 0.717) is 5.15 Å². The average Bonchev–Trinajstić information content (AvgIpc) is 2.78. The van der Waals surface area contributed by atoms with Crippen LogP contribution in [0.3, 0.4) is 0 Å². The molecule has 0 bridgehead atoms. The van der Waals surface area contributed by atoms with E-state index in [1.54, 1.807) is 0 Å². The molecule has 0 unspecified atom stereocenters. The van der Waals surface area contributed by atoms with Gasteiger partial charge in [-0.05, 0) is 31.0 Å². The maximum atomic E-state index is 6.42. The molecule has 108 valence electrons. The summed E-state index contributed by atoms with van der Waals surface area (Å²) in [4.78, 5) is 11.5. The topological polar surface area (TPSA) is 41.1 Å². The Morgan fingerprint density at radius 3 is 2.86 bits per heavy atom. The second kappa shape index (κ2) is 5.28. The fourth-order valence-electron chi connectivity index (χ4n) is 3.15. The van der Waals surface area contributed by atoms with E-state index in [2.05, 4.69) is 39.5 Å². The molecule has 2 aromatic rings. The van der Waals surface area contributed by atoms with Gasteiger partial charge in [-0.1, -0.05) is 29.8 Å². The molecule has 2 aliphatic rings. The van der Waals surface area contributed by atoms with Crippen LogP contribution >= 0.6 is 11.6 Å². The fraction of sp³-hybridized carbons (Fsp3) is 0.375. The van der Waals surface area contributed by atoms with Crippen LogP contribution in [0.15, 0.2) is 24.3 Å². The van der Waals surface area contributed by atoms with Crippen LogP contribution < -0.4 is 10.2 Å². The quantitative estimate of drug-likeness (QED) is 0.822. The first kappa shape index (κ1) is 13.0. The van der Waals surface area contributed by atoms with Gasteiger partial charge in [0.05, 0.1) is 5.69 Å². The largest absolute Gasteiger partial charge is 0.316 e. The van der Waals surface area contributed by atoms with Crippen molar-refractivity contribution in [2.45, 2.75) is 19.3 Å². The van der Waals surface area contributed by atoms with Gasteiger partial charge in [-0.25, -0.2) is 9.97 Å². The van der Waals surface area contributed by atoms with Gasteiger partial charge in [0.15, 0.2) is 0 Å². The van der Waals surface area contributed by atoms with Crippen LogP contribution in [0.25, 0.3) is 0 Å². The molecule has 2 aliphatic heterocycles. The summed E-state index contributed by atoms with van der Waals surface area (Å²) < 4.78 is 0. The molecule has 0 aliphatic carbocycles. The van der Waals surface area contributed by atoms with Crippen molar-refractivity contribution in [1.82, 2.24) is 15.3 Å². The summed E-state index contributed by atoms with van der Waals surface area (Å²) in [6.45, 7) is 2.82. The lowest BCUT2D eigenvalue weighted by Gasteiger charge is -2.19. The molecular formula is C16H17ClN4. The van der Waals surface area contributed by atoms with E-state index < -0.39 is 0 Å². The molecular weight excluding hydrogens is 284 g/mol. The lowest BCUT2D eigenvalue weighted by Crippen LogP contribution is -2.18. The zero-order valence-electron chi connectivity index (χ0n) is 11.8. The highest BCUT2D eigenvalue weighted by Crippen LogP contribution is 2.33. The van der Waals surface area contributed by atoms with Crippen LogP contribution in [0.4, 0.5) is 11.6 Å². The zero-order valence-corrected chi connectivity index (χ0v) is 12.5. The molecule has 0 atom stereocenters. The molecule has 0 spiro atoms. The van der Waals surface area contributed by atoms with E-state index in [1.165, 1.54) is 11.3 Å². The van der Waals surface area contributed by atoms with Crippen molar-refractivity contribution in [3.05, 3.63) is 46.2 Å². The summed E-state index contributed by atoms with van der Waals surface area (Å²) in [7, 11) is 0. The van der Waals surface area contributed by atoms with Crippen LogP contribution in [0.5, 0.6) is 0 Å². The molecule has 21 heavy (non-hydrogen) atoms. The highest BCUT2D eigenvalue weighted by atomic mass is 35.5. The number of halogens is 1. The Kier molecular flexibility index (Phi) is 3.28. The molecule has 0 saturated carbocycles. The minimum absolute atomic E-state index is 0.614. The molecule has 4 nitrogen and oxygen atoms in total. The Labute approximate surface area is 129 Å². The summed E-state index contributed by atoms with van der Waals surface area (Å²) in [5.74, 6) is 0.741. The van der Waals surface area contributed by atoms with Crippen LogP contribution in [-0.4, -0.2) is 29.6 Å². The number of nitrogens with zero attached hydrogens (tertiary/aromatic N) is 3. The van der Waals surface area contributed by atoms with Crippen molar-refractivity contribution in [3.63, 3.8) is 0 Å². The first-order chi connectivity index (χ1) is 10.3. The van der Waals surface area contributed by atoms with E-state index in [1.807, 2.05) is 0 Å². The van der Waals surface area contributed by atoms with Crippen LogP contribution in [0.2, 0.25) is 5.15 Å². The third-order valence-corrected chi connectivity index (χ3v) is 4.56. The van der Waals surface area contributed by atoms with Gasteiger partial charge in [-0.2, -0.15) is 0 Å². The van der Waals surface area contributed by atoms with Crippen molar-refractivity contribution in [2.75, 3.05) is 24.5 Å². The predicted octanol–water partition coefficient (Wildman–Crippen LogP) is 2.51. The third-order valence-electron chi connectivity index (χ3n) is 4.25. The highest BCUT2D eigenvalue weighted by molar-refractivity contribution is 6.30. The van der Waals surface area contributed by atoms with Gasteiger partial charge < -0.3 is 10.2 Å². The standard InChI is InChI=1S/C16H17ClN4/c17-15-12-5-8-18-9-6-13(12)19-16(20-15)21-10-7-11-3-1-2-4-14(11)21/h1-4,18H,5-10H2.